The summed E-state index contributed by atoms with van der Waals surface area (Å²) < 4.78 is 5.50. The van der Waals surface area contributed by atoms with E-state index in [-0.39, 0.29) is 18.2 Å². The lowest BCUT2D eigenvalue weighted by atomic mass is 10.1. The van der Waals surface area contributed by atoms with E-state index in [1.54, 1.807) is 47.5 Å². The minimum absolute atomic E-state index is 0.0335. The number of hydrogen-bond donors (Lipinski definition) is 1. The molecule has 168 valence electrons. The lowest BCUT2D eigenvalue weighted by Gasteiger charge is -2.23. The Morgan fingerprint density at radius 3 is 2.45 bits per heavy atom. The smallest absolute Gasteiger partial charge is 0.256 e. The highest BCUT2D eigenvalue weighted by atomic mass is 32.1. The molecule has 1 fully saturated rings. The first-order chi connectivity index (χ1) is 16.1. The second-order valence-corrected chi connectivity index (χ2v) is 7.83. The molecule has 1 aliphatic rings. The summed E-state index contributed by atoms with van der Waals surface area (Å²) in [5.41, 5.74) is 2.07. The number of thiocarbonyl (C=S) groups is 1. The fourth-order valence-corrected chi connectivity index (χ4v) is 4.07. The van der Waals surface area contributed by atoms with Gasteiger partial charge in [-0.15, -0.1) is 0 Å². The maximum atomic E-state index is 13.5. The summed E-state index contributed by atoms with van der Waals surface area (Å²) in [6, 6.07) is 21.2. The fourth-order valence-electron chi connectivity index (χ4n) is 3.68. The molecule has 3 aromatic rings. The molecule has 1 aromatic heterocycles. The summed E-state index contributed by atoms with van der Waals surface area (Å²) in [7, 11) is 0. The van der Waals surface area contributed by atoms with E-state index in [1.165, 1.54) is 4.90 Å². The van der Waals surface area contributed by atoms with Gasteiger partial charge in [0.1, 0.15) is 11.8 Å². The predicted octanol–water partition coefficient (Wildman–Crippen LogP) is 4.01. The van der Waals surface area contributed by atoms with Crippen molar-refractivity contribution in [1.82, 2.24) is 9.88 Å². The molecule has 33 heavy (non-hydrogen) atoms. The van der Waals surface area contributed by atoms with Gasteiger partial charge in [0.15, 0.2) is 5.11 Å². The van der Waals surface area contributed by atoms with Crippen LogP contribution in [-0.2, 0) is 16.1 Å². The van der Waals surface area contributed by atoms with E-state index in [1.807, 2.05) is 43.3 Å². The van der Waals surface area contributed by atoms with Crippen molar-refractivity contribution in [3.8, 4) is 5.75 Å². The first kappa shape index (κ1) is 22.4. The molecule has 1 saturated heterocycles. The molecular formula is C25H24N4O3S. The van der Waals surface area contributed by atoms with Gasteiger partial charge in [0.2, 0.25) is 5.91 Å². The molecule has 2 amide bonds. The van der Waals surface area contributed by atoms with Crippen LogP contribution >= 0.6 is 12.2 Å². The summed E-state index contributed by atoms with van der Waals surface area (Å²) in [4.78, 5) is 33.9. The van der Waals surface area contributed by atoms with Crippen molar-refractivity contribution < 1.29 is 14.3 Å². The average molecular weight is 461 g/mol. The minimum Gasteiger partial charge on any atom is -0.494 e. The van der Waals surface area contributed by atoms with Crippen LogP contribution < -0.4 is 15.0 Å². The van der Waals surface area contributed by atoms with Crippen molar-refractivity contribution in [1.29, 1.82) is 0 Å². The van der Waals surface area contributed by atoms with E-state index in [4.69, 9.17) is 17.0 Å². The second kappa shape index (κ2) is 10.2. The van der Waals surface area contributed by atoms with Gasteiger partial charge in [0, 0.05) is 11.9 Å². The molecule has 4 rings (SSSR count). The van der Waals surface area contributed by atoms with Crippen LogP contribution in [0.25, 0.3) is 0 Å². The molecule has 7 nitrogen and oxygen atoms in total. The van der Waals surface area contributed by atoms with Crippen molar-refractivity contribution in [3.63, 3.8) is 0 Å². The molecule has 0 radical (unpaired) electrons. The molecule has 0 saturated carbocycles. The third-order valence-electron chi connectivity index (χ3n) is 5.22. The number of ether oxygens (including phenoxy) is 1. The Kier molecular flexibility index (Phi) is 6.95. The molecule has 0 unspecified atom stereocenters. The minimum atomic E-state index is -0.741. The van der Waals surface area contributed by atoms with Gasteiger partial charge in [-0.3, -0.25) is 19.5 Å². The number of anilines is 2. The SMILES string of the molecule is CCOc1ccc(N2C(=O)[C@H](CC(=O)Nc3ccccc3)N(Cc3ccccn3)C2=S)cc1. The van der Waals surface area contributed by atoms with Crippen LogP contribution in [0.1, 0.15) is 19.0 Å². The van der Waals surface area contributed by atoms with Gasteiger partial charge >= 0.3 is 0 Å². The van der Waals surface area contributed by atoms with E-state index in [9.17, 15) is 9.59 Å². The number of nitrogens with zero attached hydrogens (tertiary/aromatic N) is 3. The topological polar surface area (TPSA) is 74.8 Å². The first-order valence-electron chi connectivity index (χ1n) is 10.7. The van der Waals surface area contributed by atoms with Crippen molar-refractivity contribution in [3.05, 3.63) is 84.7 Å². The van der Waals surface area contributed by atoms with Crippen LogP contribution in [0.15, 0.2) is 79.0 Å². The molecule has 0 bridgehead atoms. The van der Waals surface area contributed by atoms with Crippen LogP contribution in [-0.4, -0.2) is 39.5 Å². The summed E-state index contributed by atoms with van der Waals surface area (Å²) in [5, 5.41) is 3.19. The van der Waals surface area contributed by atoms with E-state index >= 15 is 0 Å². The summed E-state index contributed by atoms with van der Waals surface area (Å²) >= 11 is 5.70. The zero-order chi connectivity index (χ0) is 23.2. The number of aromatic nitrogens is 1. The molecular weight excluding hydrogens is 436 g/mol. The summed E-state index contributed by atoms with van der Waals surface area (Å²) in [6.45, 7) is 2.78. The Balaban J connectivity index is 1.59. The third kappa shape index (κ3) is 5.18. The van der Waals surface area contributed by atoms with Gasteiger partial charge < -0.3 is 15.0 Å². The first-order valence-corrected chi connectivity index (χ1v) is 11.1. The molecule has 8 heteroatoms. The molecule has 2 heterocycles. The predicted molar refractivity (Wildman–Crippen MR) is 131 cm³/mol. The largest absolute Gasteiger partial charge is 0.494 e. The highest BCUT2D eigenvalue weighted by molar-refractivity contribution is 7.80. The number of hydrogen-bond acceptors (Lipinski definition) is 5. The lowest BCUT2D eigenvalue weighted by molar-refractivity contribution is -0.124. The maximum absolute atomic E-state index is 13.5. The van der Waals surface area contributed by atoms with Crippen LogP contribution in [0.5, 0.6) is 5.75 Å². The normalized spacial score (nSPS) is 15.6. The monoisotopic (exact) mass is 460 g/mol. The Bertz CT molecular complexity index is 1120. The maximum Gasteiger partial charge on any atom is 0.256 e. The Morgan fingerprint density at radius 2 is 1.79 bits per heavy atom. The van der Waals surface area contributed by atoms with Gasteiger partial charge in [0.05, 0.1) is 31.0 Å². The number of carbonyl (C=O) groups excluding carboxylic acids is 2. The van der Waals surface area contributed by atoms with Crippen LogP contribution in [0.4, 0.5) is 11.4 Å². The zero-order valence-corrected chi connectivity index (χ0v) is 19.0. The van der Waals surface area contributed by atoms with Gasteiger partial charge in [-0.1, -0.05) is 24.3 Å². The van der Waals surface area contributed by atoms with E-state index in [0.717, 1.165) is 5.69 Å². The third-order valence-corrected chi connectivity index (χ3v) is 5.64. The summed E-state index contributed by atoms with van der Waals surface area (Å²) in [6.07, 6.45) is 1.66. The standard InChI is InChI=1S/C25H24N4O3S/c1-2-32-21-13-11-20(12-14-21)29-24(31)22(16-23(30)27-18-8-4-3-5-9-18)28(25(29)33)17-19-10-6-7-15-26-19/h3-15,22H,2,16-17H2,1H3,(H,27,30)/t22-/m0/s1. The Hall–Kier alpha value is -3.78. The molecule has 0 aliphatic carbocycles. The Morgan fingerprint density at radius 1 is 1.06 bits per heavy atom. The highest BCUT2D eigenvalue weighted by Gasteiger charge is 2.44. The number of pyridine rings is 1. The van der Waals surface area contributed by atoms with Gasteiger partial charge in [0.25, 0.3) is 5.91 Å². The van der Waals surface area contributed by atoms with Gasteiger partial charge in [-0.2, -0.15) is 0 Å². The number of carbonyl (C=O) groups is 2. The lowest BCUT2D eigenvalue weighted by Crippen LogP contribution is -2.37. The van der Waals surface area contributed by atoms with Crippen LogP contribution in [0, 0.1) is 0 Å². The van der Waals surface area contributed by atoms with Gasteiger partial charge in [-0.05, 0) is 67.7 Å². The molecule has 2 aromatic carbocycles. The van der Waals surface area contributed by atoms with E-state index in [0.29, 0.717) is 35.4 Å². The molecule has 0 spiro atoms. The highest BCUT2D eigenvalue weighted by Crippen LogP contribution is 2.30. The Labute approximate surface area is 198 Å². The average Bonchev–Trinajstić information content (AvgIpc) is 3.05. The van der Waals surface area contributed by atoms with Gasteiger partial charge in [-0.25, -0.2) is 0 Å². The quantitative estimate of drug-likeness (QED) is 0.512. The van der Waals surface area contributed by atoms with Crippen molar-refractivity contribution >= 4 is 40.5 Å². The van der Waals surface area contributed by atoms with E-state index in [2.05, 4.69) is 10.3 Å². The molecule has 1 aliphatic heterocycles. The number of amides is 2. The van der Waals surface area contributed by atoms with Crippen LogP contribution in [0.2, 0.25) is 0 Å². The van der Waals surface area contributed by atoms with Crippen molar-refractivity contribution in [2.24, 2.45) is 0 Å². The van der Waals surface area contributed by atoms with E-state index < -0.39 is 6.04 Å². The second-order valence-electron chi connectivity index (χ2n) is 7.47. The fraction of sp³-hybridized carbons (Fsp3) is 0.200. The number of rotatable bonds is 8. The van der Waals surface area contributed by atoms with Crippen LogP contribution in [0.3, 0.4) is 0 Å². The number of benzene rings is 2. The summed E-state index contributed by atoms with van der Waals surface area (Å²) in [5.74, 6) is 0.202. The zero-order valence-electron chi connectivity index (χ0n) is 18.2. The molecule has 1 N–H and O–H groups in total. The van der Waals surface area contributed by atoms with Crippen molar-refractivity contribution in [2.45, 2.75) is 25.9 Å². The number of nitrogens with one attached hydrogen (secondary N) is 1. The molecule has 1 atom stereocenters. The number of para-hydroxylation sites is 1. The van der Waals surface area contributed by atoms with Crippen molar-refractivity contribution in [2.75, 3.05) is 16.8 Å².